The van der Waals surface area contributed by atoms with Crippen LogP contribution < -0.4 is 5.32 Å². The minimum Gasteiger partial charge on any atom is -0.324 e. The van der Waals surface area contributed by atoms with Crippen LogP contribution in [0.1, 0.15) is 55.5 Å². The lowest BCUT2D eigenvalue weighted by Crippen LogP contribution is -2.30. The molecule has 0 saturated heterocycles. The molecule has 2 aromatic rings. The fourth-order valence-corrected chi connectivity index (χ4v) is 4.44. The highest BCUT2D eigenvalue weighted by molar-refractivity contribution is 9.11. The molecule has 1 aromatic heterocycles. The van der Waals surface area contributed by atoms with Crippen LogP contribution in [0.15, 0.2) is 34.1 Å². The number of hydrogen-bond acceptors (Lipinski definition) is 3. The summed E-state index contributed by atoms with van der Waals surface area (Å²) in [6, 6.07) is 10.4. The number of para-hydroxylation sites is 1. The monoisotopic (exact) mass is 422 g/mol. The number of carbonyl (C=O) groups is 1. The Labute approximate surface area is 163 Å². The van der Waals surface area contributed by atoms with E-state index in [1.54, 1.807) is 11.3 Å². The van der Waals surface area contributed by atoms with Crippen LogP contribution >= 0.6 is 27.3 Å². The van der Waals surface area contributed by atoms with Gasteiger partial charge in [0.05, 0.1) is 10.3 Å². The van der Waals surface area contributed by atoms with Gasteiger partial charge in [-0.25, -0.2) is 0 Å². The van der Waals surface area contributed by atoms with Gasteiger partial charge in [-0.3, -0.25) is 9.69 Å². The summed E-state index contributed by atoms with van der Waals surface area (Å²) in [4.78, 5) is 15.9. The van der Waals surface area contributed by atoms with Crippen molar-refractivity contribution >= 4 is 38.9 Å². The first-order valence-electron chi connectivity index (χ1n) is 8.63. The summed E-state index contributed by atoms with van der Waals surface area (Å²) in [7, 11) is 1.98. The van der Waals surface area contributed by atoms with Gasteiger partial charge in [0.15, 0.2) is 0 Å². The SMILES string of the molecule is CC(C)c1cccc(C(C)C)c1NC(=O)CN(C)Cc1ccc(Br)s1. The zero-order chi connectivity index (χ0) is 18.6. The van der Waals surface area contributed by atoms with Crippen molar-refractivity contribution in [1.82, 2.24) is 4.90 Å². The summed E-state index contributed by atoms with van der Waals surface area (Å²) in [5.74, 6) is 0.776. The van der Waals surface area contributed by atoms with Gasteiger partial charge >= 0.3 is 0 Å². The molecule has 0 unspecified atom stereocenters. The van der Waals surface area contributed by atoms with E-state index in [1.165, 1.54) is 16.0 Å². The molecule has 0 aliphatic heterocycles. The molecular weight excluding hydrogens is 396 g/mol. The summed E-state index contributed by atoms with van der Waals surface area (Å²) in [6.07, 6.45) is 0. The van der Waals surface area contributed by atoms with Crippen molar-refractivity contribution < 1.29 is 4.79 Å². The number of halogens is 1. The van der Waals surface area contributed by atoms with E-state index in [1.807, 2.05) is 18.0 Å². The number of likely N-dealkylation sites (N-methyl/N-ethyl adjacent to an activating group) is 1. The Bertz CT molecular complexity index is 698. The van der Waals surface area contributed by atoms with E-state index in [0.717, 1.165) is 16.0 Å². The summed E-state index contributed by atoms with van der Waals surface area (Å²) in [6.45, 7) is 9.80. The predicted molar refractivity (Wildman–Crippen MR) is 112 cm³/mol. The van der Waals surface area contributed by atoms with Gasteiger partial charge in [-0.1, -0.05) is 45.9 Å². The van der Waals surface area contributed by atoms with Gasteiger partial charge in [0.1, 0.15) is 0 Å². The first kappa shape index (κ1) is 20.1. The second-order valence-electron chi connectivity index (χ2n) is 7.05. The van der Waals surface area contributed by atoms with Crippen LogP contribution in [0, 0.1) is 0 Å². The number of rotatable bonds is 7. The van der Waals surface area contributed by atoms with Crippen LogP contribution in [0.2, 0.25) is 0 Å². The summed E-state index contributed by atoms with van der Waals surface area (Å²) >= 11 is 5.18. The summed E-state index contributed by atoms with van der Waals surface area (Å²) < 4.78 is 1.12. The molecule has 136 valence electrons. The van der Waals surface area contributed by atoms with E-state index in [0.29, 0.717) is 18.4 Å². The van der Waals surface area contributed by atoms with Gasteiger partial charge in [0, 0.05) is 17.1 Å². The molecular formula is C20H27BrN2OS. The number of nitrogens with one attached hydrogen (secondary N) is 1. The predicted octanol–water partition coefficient (Wildman–Crippen LogP) is 5.83. The summed E-state index contributed by atoms with van der Waals surface area (Å²) in [5.41, 5.74) is 3.39. The van der Waals surface area contributed by atoms with E-state index in [2.05, 4.69) is 73.2 Å². The fourth-order valence-electron chi connectivity index (χ4n) is 2.88. The Morgan fingerprint density at radius 2 is 1.72 bits per heavy atom. The number of nitrogens with zero attached hydrogens (tertiary/aromatic N) is 1. The number of thiophene rings is 1. The number of benzene rings is 1. The molecule has 0 bridgehead atoms. The Morgan fingerprint density at radius 3 is 2.20 bits per heavy atom. The molecule has 0 aliphatic rings. The zero-order valence-corrected chi connectivity index (χ0v) is 18.0. The summed E-state index contributed by atoms with van der Waals surface area (Å²) in [5, 5.41) is 3.18. The molecule has 0 aliphatic carbocycles. The third-order valence-corrected chi connectivity index (χ3v) is 5.71. The van der Waals surface area contributed by atoms with Gasteiger partial charge in [-0.05, 0) is 58.1 Å². The molecule has 0 atom stereocenters. The number of hydrogen-bond donors (Lipinski definition) is 1. The molecule has 2 rings (SSSR count). The molecule has 1 aromatic carbocycles. The Morgan fingerprint density at radius 1 is 1.12 bits per heavy atom. The minimum absolute atomic E-state index is 0.0353. The Hall–Kier alpha value is -1.17. The first-order chi connectivity index (χ1) is 11.8. The van der Waals surface area contributed by atoms with Crippen molar-refractivity contribution in [3.63, 3.8) is 0 Å². The van der Waals surface area contributed by atoms with E-state index in [4.69, 9.17) is 0 Å². The smallest absolute Gasteiger partial charge is 0.238 e. The molecule has 0 fully saturated rings. The third-order valence-electron chi connectivity index (χ3n) is 4.11. The fraction of sp³-hybridized carbons (Fsp3) is 0.450. The lowest BCUT2D eigenvalue weighted by atomic mass is 9.92. The molecule has 0 spiro atoms. The maximum atomic E-state index is 12.6. The van der Waals surface area contributed by atoms with Gasteiger partial charge in [0.25, 0.3) is 0 Å². The average molecular weight is 423 g/mol. The average Bonchev–Trinajstić information content (AvgIpc) is 2.91. The maximum absolute atomic E-state index is 12.6. The highest BCUT2D eigenvalue weighted by Gasteiger charge is 2.17. The number of amides is 1. The Balaban J connectivity index is 2.09. The van der Waals surface area contributed by atoms with E-state index in [9.17, 15) is 4.79 Å². The van der Waals surface area contributed by atoms with Crippen molar-refractivity contribution in [2.45, 2.75) is 46.1 Å². The second-order valence-corrected chi connectivity index (χ2v) is 9.59. The van der Waals surface area contributed by atoms with Crippen LogP contribution in [0.4, 0.5) is 5.69 Å². The van der Waals surface area contributed by atoms with Gasteiger partial charge in [0.2, 0.25) is 5.91 Å². The van der Waals surface area contributed by atoms with Gasteiger partial charge in [-0.2, -0.15) is 0 Å². The van der Waals surface area contributed by atoms with E-state index in [-0.39, 0.29) is 5.91 Å². The highest BCUT2D eigenvalue weighted by atomic mass is 79.9. The zero-order valence-electron chi connectivity index (χ0n) is 15.6. The molecule has 1 amide bonds. The second kappa shape index (κ2) is 8.97. The van der Waals surface area contributed by atoms with Crippen molar-refractivity contribution in [2.75, 3.05) is 18.9 Å². The van der Waals surface area contributed by atoms with Crippen LogP contribution in [-0.4, -0.2) is 24.4 Å². The lowest BCUT2D eigenvalue weighted by molar-refractivity contribution is -0.117. The van der Waals surface area contributed by atoms with E-state index < -0.39 is 0 Å². The normalized spacial score (nSPS) is 11.6. The van der Waals surface area contributed by atoms with Crippen molar-refractivity contribution in [3.8, 4) is 0 Å². The van der Waals surface area contributed by atoms with Gasteiger partial charge < -0.3 is 5.32 Å². The molecule has 0 saturated carbocycles. The first-order valence-corrected chi connectivity index (χ1v) is 10.2. The lowest BCUT2D eigenvalue weighted by Gasteiger charge is -2.21. The Kier molecular flexibility index (Phi) is 7.23. The molecule has 0 radical (unpaired) electrons. The molecule has 25 heavy (non-hydrogen) atoms. The quantitative estimate of drug-likeness (QED) is 0.608. The third kappa shape index (κ3) is 5.66. The maximum Gasteiger partial charge on any atom is 0.238 e. The minimum atomic E-state index is 0.0353. The van der Waals surface area contributed by atoms with Crippen molar-refractivity contribution in [2.24, 2.45) is 0 Å². The number of anilines is 1. The topological polar surface area (TPSA) is 32.3 Å². The van der Waals surface area contributed by atoms with Crippen LogP contribution in [0.5, 0.6) is 0 Å². The molecule has 3 nitrogen and oxygen atoms in total. The van der Waals surface area contributed by atoms with Crippen molar-refractivity contribution in [1.29, 1.82) is 0 Å². The molecule has 5 heteroatoms. The number of carbonyl (C=O) groups excluding carboxylic acids is 1. The van der Waals surface area contributed by atoms with Gasteiger partial charge in [-0.15, -0.1) is 11.3 Å². The van der Waals surface area contributed by atoms with E-state index >= 15 is 0 Å². The highest BCUT2D eigenvalue weighted by Crippen LogP contribution is 2.32. The standard InChI is InChI=1S/C20H27BrN2OS/c1-13(2)16-7-6-8-17(14(3)4)20(16)22-19(24)12-23(5)11-15-9-10-18(21)25-15/h6-10,13-14H,11-12H2,1-5H3,(H,22,24). The molecule has 1 N–H and O–H groups in total. The largest absolute Gasteiger partial charge is 0.324 e. The van der Waals surface area contributed by atoms with Crippen LogP contribution in [0.3, 0.4) is 0 Å². The molecule has 1 heterocycles. The van der Waals surface area contributed by atoms with Crippen LogP contribution in [-0.2, 0) is 11.3 Å². The van der Waals surface area contributed by atoms with Crippen LogP contribution in [0.25, 0.3) is 0 Å². The van der Waals surface area contributed by atoms with Crippen molar-refractivity contribution in [3.05, 3.63) is 50.1 Å².